The number of nitrogens with zero attached hydrogens (tertiary/aromatic N) is 1. The fourth-order valence-electron chi connectivity index (χ4n) is 3.47. The number of methoxy groups -OCH3 is 1. The van der Waals surface area contributed by atoms with Gasteiger partial charge in [0.15, 0.2) is 0 Å². The van der Waals surface area contributed by atoms with Crippen molar-refractivity contribution in [3.05, 3.63) is 40.5 Å². The zero-order valence-corrected chi connectivity index (χ0v) is 15.4. The number of piperidine rings is 1. The summed E-state index contributed by atoms with van der Waals surface area (Å²) in [7, 11) is 1.35. The molecule has 4 nitrogen and oxygen atoms in total. The predicted molar refractivity (Wildman–Crippen MR) is 99.1 cm³/mol. The summed E-state index contributed by atoms with van der Waals surface area (Å²) < 4.78 is 18.3. The SMILES string of the molecule is COC(=O)c1c(N)sc(CN2CCCC(C)C2)c1-c1ccc(F)cc1. The van der Waals surface area contributed by atoms with Gasteiger partial charge in [0, 0.05) is 23.5 Å². The molecule has 3 rings (SSSR count). The first kappa shape index (κ1) is 17.9. The van der Waals surface area contributed by atoms with Gasteiger partial charge < -0.3 is 10.5 Å². The summed E-state index contributed by atoms with van der Waals surface area (Å²) in [6.45, 7) is 5.07. The number of rotatable bonds is 4. The van der Waals surface area contributed by atoms with E-state index in [1.165, 1.54) is 43.4 Å². The number of hydrogen-bond acceptors (Lipinski definition) is 5. The summed E-state index contributed by atoms with van der Waals surface area (Å²) in [5.41, 5.74) is 8.09. The van der Waals surface area contributed by atoms with Crippen molar-refractivity contribution in [2.75, 3.05) is 25.9 Å². The van der Waals surface area contributed by atoms with Gasteiger partial charge in [-0.25, -0.2) is 9.18 Å². The lowest BCUT2D eigenvalue weighted by Gasteiger charge is -2.30. The number of carbonyl (C=O) groups is 1. The highest BCUT2D eigenvalue weighted by Crippen LogP contribution is 2.40. The van der Waals surface area contributed by atoms with E-state index in [-0.39, 0.29) is 5.82 Å². The lowest BCUT2D eigenvalue weighted by atomic mass is 9.98. The van der Waals surface area contributed by atoms with Crippen molar-refractivity contribution in [1.82, 2.24) is 4.90 Å². The molecule has 1 aliphatic rings. The Morgan fingerprint density at radius 2 is 2.12 bits per heavy atom. The van der Waals surface area contributed by atoms with Crippen molar-refractivity contribution in [3.8, 4) is 11.1 Å². The first-order chi connectivity index (χ1) is 12.0. The van der Waals surface area contributed by atoms with Crippen molar-refractivity contribution in [2.24, 2.45) is 5.92 Å². The first-order valence-corrected chi connectivity index (χ1v) is 9.29. The zero-order valence-electron chi connectivity index (χ0n) is 14.5. The van der Waals surface area contributed by atoms with E-state index in [1.807, 2.05) is 0 Å². The Hall–Kier alpha value is -1.92. The molecule has 0 bridgehead atoms. The second-order valence-electron chi connectivity index (χ2n) is 6.62. The average Bonchev–Trinajstić information content (AvgIpc) is 2.91. The minimum atomic E-state index is -0.452. The van der Waals surface area contributed by atoms with Crippen LogP contribution in [0.15, 0.2) is 24.3 Å². The van der Waals surface area contributed by atoms with Crippen LogP contribution < -0.4 is 5.73 Å². The number of thiophene rings is 1. The molecule has 0 radical (unpaired) electrons. The van der Waals surface area contributed by atoms with E-state index in [4.69, 9.17) is 10.5 Å². The Balaban J connectivity index is 2.02. The van der Waals surface area contributed by atoms with Crippen LogP contribution in [0.1, 0.15) is 35.0 Å². The van der Waals surface area contributed by atoms with Crippen LogP contribution in [0.3, 0.4) is 0 Å². The topological polar surface area (TPSA) is 55.6 Å². The molecular weight excluding hydrogens is 339 g/mol. The lowest BCUT2D eigenvalue weighted by Crippen LogP contribution is -2.33. The molecule has 2 N–H and O–H groups in total. The number of ether oxygens (including phenoxy) is 1. The van der Waals surface area contributed by atoms with E-state index in [9.17, 15) is 9.18 Å². The number of likely N-dealkylation sites (tertiary alicyclic amines) is 1. The summed E-state index contributed by atoms with van der Waals surface area (Å²) in [4.78, 5) is 15.7. The maximum absolute atomic E-state index is 13.3. The standard InChI is InChI=1S/C19H23FN2O2S/c1-12-4-3-9-22(10-12)11-15-16(13-5-7-14(20)8-6-13)17(18(21)25-15)19(23)24-2/h5-8,12H,3-4,9-11,21H2,1-2H3. The van der Waals surface area contributed by atoms with Crippen molar-refractivity contribution >= 4 is 22.3 Å². The molecule has 25 heavy (non-hydrogen) atoms. The molecule has 1 aliphatic heterocycles. The Bertz CT molecular complexity index is 758. The number of nitrogen functional groups attached to an aromatic ring is 1. The van der Waals surface area contributed by atoms with Gasteiger partial charge in [0.25, 0.3) is 0 Å². The second kappa shape index (κ2) is 7.54. The predicted octanol–water partition coefficient (Wildman–Crippen LogP) is 4.15. The largest absolute Gasteiger partial charge is 0.465 e. The fraction of sp³-hybridized carbons (Fsp3) is 0.421. The second-order valence-corrected chi connectivity index (χ2v) is 7.76. The molecule has 1 saturated heterocycles. The summed E-state index contributed by atoms with van der Waals surface area (Å²) >= 11 is 1.42. The smallest absolute Gasteiger partial charge is 0.341 e. The normalized spacial score (nSPS) is 18.3. The van der Waals surface area contributed by atoms with Crippen LogP contribution in [0.4, 0.5) is 9.39 Å². The third-order valence-corrected chi connectivity index (χ3v) is 5.64. The number of hydrogen-bond donors (Lipinski definition) is 1. The van der Waals surface area contributed by atoms with E-state index in [2.05, 4.69) is 11.8 Å². The molecule has 134 valence electrons. The monoisotopic (exact) mass is 362 g/mol. The van der Waals surface area contributed by atoms with E-state index in [0.29, 0.717) is 16.5 Å². The van der Waals surface area contributed by atoms with Gasteiger partial charge in [0.1, 0.15) is 16.4 Å². The fourth-order valence-corrected chi connectivity index (χ4v) is 4.59. The summed E-state index contributed by atoms with van der Waals surface area (Å²) in [5.74, 6) is -0.0929. The summed E-state index contributed by atoms with van der Waals surface area (Å²) in [6, 6.07) is 6.17. The molecule has 1 fully saturated rings. The van der Waals surface area contributed by atoms with Gasteiger partial charge in [0.2, 0.25) is 0 Å². The molecule has 2 heterocycles. The third kappa shape index (κ3) is 3.85. The Morgan fingerprint density at radius 1 is 1.40 bits per heavy atom. The van der Waals surface area contributed by atoms with Crippen LogP contribution in [0.5, 0.6) is 0 Å². The first-order valence-electron chi connectivity index (χ1n) is 8.47. The zero-order chi connectivity index (χ0) is 18.0. The quantitative estimate of drug-likeness (QED) is 0.830. The van der Waals surface area contributed by atoms with Gasteiger partial charge in [-0.3, -0.25) is 4.90 Å². The molecule has 1 aromatic carbocycles. The van der Waals surface area contributed by atoms with Gasteiger partial charge in [-0.15, -0.1) is 11.3 Å². The number of benzene rings is 1. The molecular formula is C19H23FN2O2S. The average molecular weight is 362 g/mol. The summed E-state index contributed by atoms with van der Waals surface area (Å²) in [6.07, 6.45) is 2.43. The van der Waals surface area contributed by atoms with Crippen LogP contribution in [0.25, 0.3) is 11.1 Å². The minimum absolute atomic E-state index is 0.307. The lowest BCUT2D eigenvalue weighted by molar-refractivity contribution is 0.0603. The van der Waals surface area contributed by atoms with Crippen LogP contribution in [0.2, 0.25) is 0 Å². The van der Waals surface area contributed by atoms with Crippen LogP contribution in [0, 0.1) is 11.7 Å². The van der Waals surface area contributed by atoms with Gasteiger partial charge in [-0.05, 0) is 43.0 Å². The number of esters is 1. The number of carbonyl (C=O) groups excluding carboxylic acids is 1. The molecule has 0 saturated carbocycles. The van der Waals surface area contributed by atoms with E-state index >= 15 is 0 Å². The van der Waals surface area contributed by atoms with Crippen molar-refractivity contribution in [1.29, 1.82) is 0 Å². The van der Waals surface area contributed by atoms with Crippen molar-refractivity contribution < 1.29 is 13.9 Å². The number of nitrogens with two attached hydrogens (primary N) is 1. The van der Waals surface area contributed by atoms with Crippen LogP contribution >= 0.6 is 11.3 Å². The minimum Gasteiger partial charge on any atom is -0.465 e. The molecule has 0 aliphatic carbocycles. The van der Waals surface area contributed by atoms with Gasteiger partial charge in [0.05, 0.1) is 7.11 Å². The highest BCUT2D eigenvalue weighted by atomic mass is 32.1. The van der Waals surface area contributed by atoms with E-state index in [0.717, 1.165) is 35.6 Å². The third-order valence-electron chi connectivity index (χ3n) is 4.64. The molecule has 1 aromatic heterocycles. The maximum Gasteiger partial charge on any atom is 0.341 e. The highest BCUT2D eigenvalue weighted by molar-refractivity contribution is 7.17. The van der Waals surface area contributed by atoms with Crippen LogP contribution in [-0.2, 0) is 11.3 Å². The number of anilines is 1. The molecule has 6 heteroatoms. The van der Waals surface area contributed by atoms with Gasteiger partial charge in [-0.2, -0.15) is 0 Å². The van der Waals surface area contributed by atoms with Gasteiger partial charge in [-0.1, -0.05) is 19.1 Å². The van der Waals surface area contributed by atoms with Crippen LogP contribution in [-0.4, -0.2) is 31.1 Å². The summed E-state index contributed by atoms with van der Waals surface area (Å²) in [5, 5.41) is 0.450. The molecule has 0 amide bonds. The number of halogens is 1. The Morgan fingerprint density at radius 3 is 2.76 bits per heavy atom. The molecule has 1 atom stereocenters. The van der Waals surface area contributed by atoms with Crippen molar-refractivity contribution in [3.63, 3.8) is 0 Å². The van der Waals surface area contributed by atoms with E-state index in [1.54, 1.807) is 12.1 Å². The molecule has 0 spiro atoms. The Labute approximate surface area is 151 Å². The molecule has 2 aromatic rings. The maximum atomic E-state index is 13.3. The Kier molecular flexibility index (Phi) is 5.39. The van der Waals surface area contributed by atoms with E-state index < -0.39 is 5.97 Å². The highest BCUT2D eigenvalue weighted by Gasteiger charge is 2.26. The van der Waals surface area contributed by atoms with Gasteiger partial charge >= 0.3 is 5.97 Å². The molecule has 1 unspecified atom stereocenters. The van der Waals surface area contributed by atoms with Crippen molar-refractivity contribution in [2.45, 2.75) is 26.3 Å².